The van der Waals surface area contributed by atoms with Crippen LogP contribution in [0.4, 0.5) is 30.4 Å². The molecule has 0 aliphatic carbocycles. The van der Waals surface area contributed by atoms with Crippen LogP contribution in [0.3, 0.4) is 0 Å². The summed E-state index contributed by atoms with van der Waals surface area (Å²) in [6.07, 6.45) is -2.90. The average Bonchev–Trinajstić information content (AvgIpc) is 2.64. The lowest BCUT2D eigenvalue weighted by Crippen LogP contribution is -2.15. The summed E-state index contributed by atoms with van der Waals surface area (Å²) in [5, 5.41) is 5.71. The van der Waals surface area contributed by atoms with Crippen LogP contribution in [0, 0.1) is 6.92 Å². The zero-order chi connectivity index (χ0) is 19.4. The van der Waals surface area contributed by atoms with E-state index in [2.05, 4.69) is 15.6 Å². The highest BCUT2D eigenvalue weighted by molar-refractivity contribution is 6.08. The van der Waals surface area contributed by atoms with Crippen molar-refractivity contribution in [2.24, 2.45) is 0 Å². The van der Waals surface area contributed by atoms with Crippen molar-refractivity contribution in [1.82, 2.24) is 4.98 Å². The van der Waals surface area contributed by atoms with Crippen LogP contribution in [-0.4, -0.2) is 10.9 Å². The zero-order valence-corrected chi connectivity index (χ0v) is 14.3. The molecule has 0 radical (unpaired) electrons. The lowest BCUT2D eigenvalue weighted by atomic mass is 10.1. The standard InChI is InChI=1S/C20H16F3N3O/c1-13-5-2-3-7-17(13)26-19(27)16-6-4-12-24-18(16)25-15-10-8-14(9-11-15)20(21,22)23/h2-12H,1H3,(H,24,25)(H,26,27). The molecule has 3 rings (SSSR count). The molecule has 138 valence electrons. The van der Waals surface area contributed by atoms with Crippen molar-refractivity contribution >= 4 is 23.1 Å². The molecule has 0 saturated carbocycles. The van der Waals surface area contributed by atoms with Gasteiger partial charge in [-0.2, -0.15) is 13.2 Å². The smallest absolute Gasteiger partial charge is 0.340 e. The summed E-state index contributed by atoms with van der Waals surface area (Å²) in [7, 11) is 0. The Kier molecular flexibility index (Phi) is 5.12. The van der Waals surface area contributed by atoms with Gasteiger partial charge < -0.3 is 10.6 Å². The van der Waals surface area contributed by atoms with Crippen molar-refractivity contribution in [3.8, 4) is 0 Å². The number of nitrogens with zero attached hydrogens (tertiary/aromatic N) is 1. The number of carbonyl (C=O) groups is 1. The summed E-state index contributed by atoms with van der Waals surface area (Å²) in [5.41, 5.74) is 1.51. The summed E-state index contributed by atoms with van der Waals surface area (Å²) in [6, 6.07) is 15.1. The molecule has 7 heteroatoms. The Labute approximate surface area is 154 Å². The second kappa shape index (κ2) is 7.49. The Balaban J connectivity index is 1.82. The summed E-state index contributed by atoms with van der Waals surface area (Å²) in [4.78, 5) is 16.8. The van der Waals surface area contributed by atoms with Gasteiger partial charge in [0.15, 0.2) is 0 Å². The number of aryl methyl sites for hydroxylation is 1. The van der Waals surface area contributed by atoms with E-state index in [1.54, 1.807) is 18.2 Å². The molecular weight excluding hydrogens is 355 g/mol. The molecule has 2 N–H and O–H groups in total. The first-order valence-corrected chi connectivity index (χ1v) is 8.11. The van der Waals surface area contributed by atoms with E-state index in [4.69, 9.17) is 0 Å². The van der Waals surface area contributed by atoms with Crippen LogP contribution < -0.4 is 10.6 Å². The number of rotatable bonds is 4. The van der Waals surface area contributed by atoms with Crippen LogP contribution in [0.5, 0.6) is 0 Å². The van der Waals surface area contributed by atoms with Crippen molar-refractivity contribution in [1.29, 1.82) is 0 Å². The predicted octanol–water partition coefficient (Wildman–Crippen LogP) is 5.40. The first-order chi connectivity index (χ1) is 12.8. The molecule has 0 fully saturated rings. The molecule has 4 nitrogen and oxygen atoms in total. The molecule has 3 aromatic rings. The van der Waals surface area contributed by atoms with Crippen LogP contribution >= 0.6 is 0 Å². The van der Waals surface area contributed by atoms with Crippen molar-refractivity contribution in [2.45, 2.75) is 13.1 Å². The SMILES string of the molecule is Cc1ccccc1NC(=O)c1cccnc1Nc1ccc(C(F)(F)F)cc1. The minimum Gasteiger partial charge on any atom is -0.340 e. The molecule has 0 atom stereocenters. The van der Waals surface area contributed by atoms with Gasteiger partial charge >= 0.3 is 6.18 Å². The summed E-state index contributed by atoms with van der Waals surface area (Å²) < 4.78 is 38.0. The van der Waals surface area contributed by atoms with Gasteiger partial charge in [0.1, 0.15) is 5.82 Å². The van der Waals surface area contributed by atoms with Gasteiger partial charge in [0.2, 0.25) is 0 Å². The number of aromatic nitrogens is 1. The Bertz CT molecular complexity index is 953. The van der Waals surface area contributed by atoms with Gasteiger partial charge in [-0.15, -0.1) is 0 Å². The van der Waals surface area contributed by atoms with Crippen LogP contribution in [0.15, 0.2) is 66.9 Å². The number of hydrogen-bond donors (Lipinski definition) is 2. The maximum Gasteiger partial charge on any atom is 0.416 e. The summed E-state index contributed by atoms with van der Waals surface area (Å²) >= 11 is 0. The third kappa shape index (κ3) is 4.44. The van der Waals surface area contributed by atoms with Crippen molar-refractivity contribution in [3.63, 3.8) is 0 Å². The highest BCUT2D eigenvalue weighted by Crippen LogP contribution is 2.30. The van der Waals surface area contributed by atoms with E-state index in [-0.39, 0.29) is 17.3 Å². The second-order valence-electron chi connectivity index (χ2n) is 5.87. The Morgan fingerprint density at radius 2 is 1.67 bits per heavy atom. The average molecular weight is 371 g/mol. The number of alkyl halides is 3. The van der Waals surface area contributed by atoms with Gasteiger partial charge in [-0.1, -0.05) is 18.2 Å². The third-order valence-electron chi connectivity index (χ3n) is 3.92. The van der Waals surface area contributed by atoms with E-state index in [9.17, 15) is 18.0 Å². The fraction of sp³-hybridized carbons (Fsp3) is 0.100. The van der Waals surface area contributed by atoms with Gasteiger partial charge in [-0.05, 0) is 55.0 Å². The molecule has 0 bridgehead atoms. The highest BCUT2D eigenvalue weighted by Gasteiger charge is 2.30. The number of amides is 1. The number of hydrogen-bond acceptors (Lipinski definition) is 3. The fourth-order valence-corrected chi connectivity index (χ4v) is 2.47. The van der Waals surface area contributed by atoms with Gasteiger partial charge in [0.25, 0.3) is 5.91 Å². The van der Waals surface area contributed by atoms with Crippen molar-refractivity contribution in [2.75, 3.05) is 10.6 Å². The lowest BCUT2D eigenvalue weighted by Gasteiger charge is -2.13. The highest BCUT2D eigenvalue weighted by atomic mass is 19.4. The number of para-hydroxylation sites is 1. The minimum atomic E-state index is -4.40. The molecule has 1 amide bonds. The first kappa shape index (κ1) is 18.4. The van der Waals surface area contributed by atoms with E-state index < -0.39 is 11.7 Å². The van der Waals surface area contributed by atoms with Crippen molar-refractivity contribution < 1.29 is 18.0 Å². The van der Waals surface area contributed by atoms with Crippen LogP contribution in [-0.2, 0) is 6.18 Å². The molecule has 0 saturated heterocycles. The van der Waals surface area contributed by atoms with E-state index >= 15 is 0 Å². The Morgan fingerprint density at radius 1 is 0.963 bits per heavy atom. The largest absolute Gasteiger partial charge is 0.416 e. The second-order valence-corrected chi connectivity index (χ2v) is 5.87. The third-order valence-corrected chi connectivity index (χ3v) is 3.92. The summed E-state index contributed by atoms with van der Waals surface area (Å²) in [6.45, 7) is 1.88. The lowest BCUT2D eigenvalue weighted by molar-refractivity contribution is -0.137. The summed E-state index contributed by atoms with van der Waals surface area (Å²) in [5.74, 6) is -0.116. The maximum absolute atomic E-state index is 12.7. The van der Waals surface area contributed by atoms with Crippen molar-refractivity contribution in [3.05, 3.63) is 83.6 Å². The predicted molar refractivity (Wildman–Crippen MR) is 98.1 cm³/mol. The molecular formula is C20H16F3N3O. The molecule has 0 aliphatic rings. The number of nitrogens with one attached hydrogen (secondary N) is 2. The number of halogens is 3. The van der Waals surface area contributed by atoms with E-state index in [0.29, 0.717) is 11.4 Å². The van der Waals surface area contributed by atoms with Gasteiger partial charge in [-0.3, -0.25) is 4.79 Å². The zero-order valence-electron chi connectivity index (χ0n) is 14.3. The minimum absolute atomic E-state index is 0.253. The Morgan fingerprint density at radius 3 is 2.33 bits per heavy atom. The first-order valence-electron chi connectivity index (χ1n) is 8.11. The quantitative estimate of drug-likeness (QED) is 0.645. The molecule has 2 aromatic carbocycles. The maximum atomic E-state index is 12.7. The number of carbonyl (C=O) groups excluding carboxylic acids is 1. The molecule has 1 heterocycles. The molecule has 0 spiro atoms. The number of anilines is 3. The van der Waals surface area contributed by atoms with Crippen LogP contribution in [0.1, 0.15) is 21.5 Å². The van der Waals surface area contributed by atoms with E-state index in [1.807, 2.05) is 25.1 Å². The van der Waals surface area contributed by atoms with Crippen LogP contribution in [0.2, 0.25) is 0 Å². The topological polar surface area (TPSA) is 54.0 Å². The number of pyridine rings is 1. The molecule has 0 unspecified atom stereocenters. The van der Waals surface area contributed by atoms with Crippen LogP contribution in [0.25, 0.3) is 0 Å². The molecule has 1 aromatic heterocycles. The van der Waals surface area contributed by atoms with Gasteiger partial charge in [0.05, 0.1) is 11.1 Å². The number of benzene rings is 2. The van der Waals surface area contributed by atoms with Gasteiger partial charge in [-0.25, -0.2) is 4.98 Å². The Hall–Kier alpha value is -3.35. The molecule has 27 heavy (non-hydrogen) atoms. The molecule has 0 aliphatic heterocycles. The van der Waals surface area contributed by atoms with E-state index in [1.165, 1.54) is 18.3 Å². The van der Waals surface area contributed by atoms with E-state index in [0.717, 1.165) is 17.7 Å². The van der Waals surface area contributed by atoms with Gasteiger partial charge in [0, 0.05) is 17.6 Å². The normalized spacial score (nSPS) is 11.1. The monoisotopic (exact) mass is 371 g/mol. The fourth-order valence-electron chi connectivity index (χ4n) is 2.47.